The maximum Gasteiger partial charge on any atom is 0.272 e. The van der Waals surface area contributed by atoms with Gasteiger partial charge in [0, 0.05) is 13.1 Å². The number of halogens is 1. The van der Waals surface area contributed by atoms with Crippen molar-refractivity contribution in [1.29, 1.82) is 0 Å². The van der Waals surface area contributed by atoms with Crippen molar-refractivity contribution in [3.63, 3.8) is 0 Å². The van der Waals surface area contributed by atoms with Crippen LogP contribution in [0.25, 0.3) is 11.0 Å². The second-order valence-corrected chi connectivity index (χ2v) is 7.42. The van der Waals surface area contributed by atoms with E-state index in [0.29, 0.717) is 5.95 Å². The molecule has 0 bridgehead atoms. The Bertz CT molecular complexity index is 951. The van der Waals surface area contributed by atoms with Crippen LogP contribution < -0.4 is 10.2 Å². The van der Waals surface area contributed by atoms with Gasteiger partial charge in [-0.25, -0.2) is 15.0 Å². The lowest BCUT2D eigenvalue weighted by Crippen LogP contribution is -2.34. The summed E-state index contributed by atoms with van der Waals surface area (Å²) in [7, 11) is 0. The van der Waals surface area contributed by atoms with E-state index in [2.05, 4.69) is 39.1 Å². The normalized spacial score (nSPS) is 13.3. The minimum atomic E-state index is -0.337. The molecule has 0 aliphatic rings. The third kappa shape index (κ3) is 4.50. The lowest BCUT2D eigenvalue weighted by Gasteiger charge is -2.23. The van der Waals surface area contributed by atoms with E-state index in [1.54, 1.807) is 0 Å². The topological polar surface area (TPSA) is 86.8 Å². The smallest absolute Gasteiger partial charge is 0.272 e. The number of hydrogen-bond donors (Lipinski definition) is 2. The fourth-order valence-electron chi connectivity index (χ4n) is 3.22. The van der Waals surface area contributed by atoms with Crippen LogP contribution in [-0.2, 0) is 0 Å². The number of aromatic amines is 1. The van der Waals surface area contributed by atoms with Crippen LogP contribution in [0.15, 0.2) is 30.5 Å². The average Bonchev–Trinajstić information content (AvgIpc) is 3.17. The molecular weight excluding hydrogens is 388 g/mol. The minimum absolute atomic E-state index is 0.169. The monoisotopic (exact) mass is 414 g/mol. The number of nitrogens with one attached hydrogen (secondary N) is 2. The molecule has 0 fully saturated rings. The molecule has 0 aliphatic carbocycles. The molecule has 1 aromatic carbocycles. The van der Waals surface area contributed by atoms with Gasteiger partial charge < -0.3 is 15.2 Å². The predicted molar refractivity (Wildman–Crippen MR) is 116 cm³/mol. The van der Waals surface area contributed by atoms with Crippen molar-refractivity contribution < 1.29 is 4.79 Å². The third-order valence-electron chi connectivity index (χ3n) is 5.19. The number of para-hydroxylation sites is 2. The Labute approximate surface area is 175 Å². The number of hydrogen-bond acceptors (Lipinski definition) is 5. The van der Waals surface area contributed by atoms with E-state index >= 15 is 0 Å². The summed E-state index contributed by atoms with van der Waals surface area (Å²) >= 11 is 6.26. The van der Waals surface area contributed by atoms with Gasteiger partial charge in [-0.15, -0.1) is 0 Å². The van der Waals surface area contributed by atoms with Crippen molar-refractivity contribution in [1.82, 2.24) is 25.3 Å². The van der Waals surface area contributed by atoms with Crippen LogP contribution in [0, 0.1) is 5.92 Å². The highest BCUT2D eigenvalue weighted by Crippen LogP contribution is 2.26. The second-order valence-electron chi connectivity index (χ2n) is 7.01. The maximum absolute atomic E-state index is 13.1. The molecule has 3 rings (SSSR count). The van der Waals surface area contributed by atoms with Crippen molar-refractivity contribution in [3.05, 3.63) is 47.0 Å². The minimum Gasteiger partial charge on any atom is -0.341 e. The Morgan fingerprint density at radius 1 is 1.21 bits per heavy atom. The zero-order valence-electron chi connectivity index (χ0n) is 17.2. The van der Waals surface area contributed by atoms with Crippen LogP contribution >= 0.6 is 11.6 Å². The standard InChI is InChI=1S/C21H27ClN6O/c1-5-13(4)17(19-24-15-10-8-9-11-16(15)25-19)26-20(29)18-14(22)12-23-21(27-18)28(6-2)7-3/h8-13,17H,5-7H2,1-4H3,(H,24,25)(H,26,29). The molecule has 0 saturated carbocycles. The van der Waals surface area contributed by atoms with Crippen molar-refractivity contribution in [3.8, 4) is 0 Å². The Kier molecular flexibility index (Phi) is 6.69. The van der Waals surface area contributed by atoms with Crippen molar-refractivity contribution in [2.45, 2.75) is 40.2 Å². The summed E-state index contributed by atoms with van der Waals surface area (Å²) in [6.07, 6.45) is 2.36. The van der Waals surface area contributed by atoms with Gasteiger partial charge in [0.2, 0.25) is 5.95 Å². The molecule has 0 spiro atoms. The SMILES string of the molecule is CCC(C)C(NC(=O)c1nc(N(CC)CC)ncc1Cl)c1nc2ccccc2[nH]1. The Morgan fingerprint density at radius 3 is 2.59 bits per heavy atom. The molecule has 0 aliphatic heterocycles. The summed E-state index contributed by atoms with van der Waals surface area (Å²) in [4.78, 5) is 31.8. The number of H-pyrrole nitrogens is 1. The first-order valence-corrected chi connectivity index (χ1v) is 10.4. The summed E-state index contributed by atoms with van der Waals surface area (Å²) in [5.74, 6) is 1.05. The Balaban J connectivity index is 1.92. The molecule has 154 valence electrons. The largest absolute Gasteiger partial charge is 0.341 e. The molecule has 3 aromatic rings. The van der Waals surface area contributed by atoms with Gasteiger partial charge in [0.25, 0.3) is 5.91 Å². The van der Waals surface area contributed by atoms with Crippen molar-refractivity contribution >= 4 is 34.5 Å². The van der Waals surface area contributed by atoms with Crippen molar-refractivity contribution in [2.24, 2.45) is 5.92 Å². The van der Waals surface area contributed by atoms with Gasteiger partial charge in [-0.05, 0) is 31.9 Å². The molecule has 2 aromatic heterocycles. The number of anilines is 1. The van der Waals surface area contributed by atoms with Crippen LogP contribution in [0.2, 0.25) is 5.02 Å². The van der Waals surface area contributed by atoms with Crippen LogP contribution in [-0.4, -0.2) is 38.9 Å². The van der Waals surface area contributed by atoms with Crippen LogP contribution in [0.3, 0.4) is 0 Å². The maximum atomic E-state index is 13.1. The molecule has 29 heavy (non-hydrogen) atoms. The summed E-state index contributed by atoms with van der Waals surface area (Å²) in [5.41, 5.74) is 1.98. The zero-order valence-corrected chi connectivity index (χ0v) is 18.0. The first-order chi connectivity index (χ1) is 14.0. The summed E-state index contributed by atoms with van der Waals surface area (Å²) in [5, 5.41) is 3.31. The van der Waals surface area contributed by atoms with Gasteiger partial charge >= 0.3 is 0 Å². The van der Waals surface area contributed by atoms with E-state index in [9.17, 15) is 4.79 Å². The number of amides is 1. The van der Waals surface area contributed by atoms with E-state index < -0.39 is 0 Å². The van der Waals surface area contributed by atoms with Crippen LogP contribution in [0.4, 0.5) is 5.95 Å². The summed E-state index contributed by atoms with van der Waals surface area (Å²) < 4.78 is 0. The highest BCUT2D eigenvalue weighted by Gasteiger charge is 2.26. The third-order valence-corrected chi connectivity index (χ3v) is 5.47. The van der Waals surface area contributed by atoms with E-state index in [-0.39, 0.29) is 28.6 Å². The highest BCUT2D eigenvalue weighted by atomic mass is 35.5. The van der Waals surface area contributed by atoms with Crippen LogP contribution in [0.5, 0.6) is 0 Å². The van der Waals surface area contributed by atoms with Crippen LogP contribution in [0.1, 0.15) is 56.5 Å². The van der Waals surface area contributed by atoms with Gasteiger partial charge in [-0.2, -0.15) is 0 Å². The number of imidazole rings is 1. The summed E-state index contributed by atoms with van der Waals surface area (Å²) in [6.45, 7) is 9.69. The lowest BCUT2D eigenvalue weighted by atomic mass is 9.98. The fourth-order valence-corrected chi connectivity index (χ4v) is 3.40. The lowest BCUT2D eigenvalue weighted by molar-refractivity contribution is 0.0915. The first-order valence-electron chi connectivity index (χ1n) is 10.0. The van der Waals surface area contributed by atoms with E-state index in [1.165, 1.54) is 6.20 Å². The van der Waals surface area contributed by atoms with Gasteiger partial charge in [0.1, 0.15) is 5.82 Å². The number of aromatic nitrogens is 4. The number of carbonyl (C=O) groups is 1. The molecular formula is C21H27ClN6O. The summed E-state index contributed by atoms with van der Waals surface area (Å²) in [6, 6.07) is 7.53. The molecule has 7 nitrogen and oxygen atoms in total. The molecule has 2 heterocycles. The molecule has 0 radical (unpaired) electrons. The highest BCUT2D eigenvalue weighted by molar-refractivity contribution is 6.33. The van der Waals surface area contributed by atoms with E-state index in [4.69, 9.17) is 11.6 Å². The molecule has 8 heteroatoms. The Hall–Kier alpha value is -2.67. The molecule has 2 unspecified atom stereocenters. The number of fused-ring (bicyclic) bond motifs is 1. The van der Waals surface area contributed by atoms with Gasteiger partial charge in [-0.1, -0.05) is 44.0 Å². The van der Waals surface area contributed by atoms with E-state index in [0.717, 1.165) is 36.4 Å². The van der Waals surface area contributed by atoms with Gasteiger partial charge in [-0.3, -0.25) is 4.79 Å². The van der Waals surface area contributed by atoms with Gasteiger partial charge in [0.15, 0.2) is 5.69 Å². The number of rotatable bonds is 8. The molecule has 2 atom stereocenters. The number of nitrogens with zero attached hydrogens (tertiary/aromatic N) is 4. The number of carbonyl (C=O) groups excluding carboxylic acids is 1. The van der Waals surface area contributed by atoms with E-state index in [1.807, 2.05) is 43.0 Å². The molecule has 1 amide bonds. The molecule has 0 saturated heterocycles. The first kappa shape index (κ1) is 21.0. The average molecular weight is 415 g/mol. The van der Waals surface area contributed by atoms with Gasteiger partial charge in [0.05, 0.1) is 28.3 Å². The predicted octanol–water partition coefficient (Wildman–Crippen LogP) is 4.37. The quantitative estimate of drug-likeness (QED) is 0.571. The molecule has 2 N–H and O–H groups in total. The van der Waals surface area contributed by atoms with Crippen molar-refractivity contribution in [2.75, 3.05) is 18.0 Å². The Morgan fingerprint density at radius 2 is 1.93 bits per heavy atom. The second kappa shape index (κ2) is 9.22. The number of benzene rings is 1. The fraction of sp³-hybridized carbons (Fsp3) is 0.429. The zero-order chi connectivity index (χ0) is 21.0.